The fourth-order valence-electron chi connectivity index (χ4n) is 1.77. The van der Waals surface area contributed by atoms with Crippen LogP contribution in [0.4, 0.5) is 0 Å². The highest BCUT2D eigenvalue weighted by Gasteiger charge is 2.24. The Kier molecular flexibility index (Phi) is 6.12. The van der Waals surface area contributed by atoms with Gasteiger partial charge in [0.05, 0.1) is 4.90 Å². The summed E-state index contributed by atoms with van der Waals surface area (Å²) in [5.41, 5.74) is 0.630. The van der Waals surface area contributed by atoms with Gasteiger partial charge in [-0.25, -0.2) is 8.42 Å². The van der Waals surface area contributed by atoms with Gasteiger partial charge in [-0.2, -0.15) is 4.31 Å². The molecule has 19 heavy (non-hydrogen) atoms. The summed E-state index contributed by atoms with van der Waals surface area (Å²) in [7, 11) is -3.48. The number of halogens is 2. The minimum Gasteiger partial charge on any atom is -0.207 e. The van der Waals surface area contributed by atoms with E-state index in [4.69, 9.17) is 23.2 Å². The molecular weight excluding hydrogens is 305 g/mol. The molecule has 0 aliphatic rings. The second-order valence-corrected chi connectivity index (χ2v) is 7.35. The van der Waals surface area contributed by atoms with Crippen molar-refractivity contribution in [2.75, 3.05) is 13.1 Å². The van der Waals surface area contributed by atoms with E-state index in [2.05, 4.69) is 0 Å². The maximum atomic E-state index is 12.5. The van der Waals surface area contributed by atoms with Gasteiger partial charge in [0.2, 0.25) is 10.0 Å². The van der Waals surface area contributed by atoms with Crippen LogP contribution in [0.15, 0.2) is 23.1 Å². The molecule has 1 aromatic carbocycles. The highest BCUT2D eigenvalue weighted by Crippen LogP contribution is 2.24. The zero-order valence-corrected chi connectivity index (χ0v) is 13.7. The molecule has 0 amide bonds. The van der Waals surface area contributed by atoms with Gasteiger partial charge >= 0.3 is 0 Å². The van der Waals surface area contributed by atoms with Crippen LogP contribution in [0.25, 0.3) is 0 Å². The Balaban J connectivity index is 3.18. The molecule has 0 aliphatic carbocycles. The molecule has 0 saturated heterocycles. The average Bonchev–Trinajstić information content (AvgIpc) is 2.35. The maximum Gasteiger partial charge on any atom is 0.243 e. The van der Waals surface area contributed by atoms with Gasteiger partial charge in [0.1, 0.15) is 0 Å². The van der Waals surface area contributed by atoms with Gasteiger partial charge in [-0.05, 0) is 29.7 Å². The molecule has 0 saturated carbocycles. The predicted octanol–water partition coefficient (Wildman–Crippen LogP) is 3.75. The molecule has 6 heteroatoms. The topological polar surface area (TPSA) is 37.4 Å². The molecule has 0 heterocycles. The number of rotatable bonds is 6. The molecule has 0 spiro atoms. The van der Waals surface area contributed by atoms with Gasteiger partial charge in [-0.15, -0.1) is 11.6 Å². The van der Waals surface area contributed by atoms with Gasteiger partial charge < -0.3 is 0 Å². The number of hydrogen-bond donors (Lipinski definition) is 0. The van der Waals surface area contributed by atoms with E-state index in [-0.39, 0.29) is 16.7 Å². The van der Waals surface area contributed by atoms with Gasteiger partial charge in [0, 0.05) is 24.0 Å². The van der Waals surface area contributed by atoms with Crippen LogP contribution in [-0.2, 0) is 15.9 Å². The highest BCUT2D eigenvalue weighted by molar-refractivity contribution is 7.89. The van der Waals surface area contributed by atoms with Gasteiger partial charge in [-0.3, -0.25) is 0 Å². The van der Waals surface area contributed by atoms with E-state index < -0.39 is 10.0 Å². The first kappa shape index (κ1) is 16.8. The molecule has 1 rings (SSSR count). The Hall–Kier alpha value is -0.290. The smallest absolute Gasteiger partial charge is 0.207 e. The Bertz CT molecular complexity index is 529. The first-order chi connectivity index (χ1) is 8.82. The van der Waals surface area contributed by atoms with Crippen molar-refractivity contribution in [3.8, 4) is 0 Å². The largest absolute Gasteiger partial charge is 0.243 e. The molecule has 3 nitrogen and oxygen atoms in total. The molecule has 0 aromatic heterocycles. The molecule has 0 N–H and O–H groups in total. The highest BCUT2D eigenvalue weighted by atomic mass is 35.5. The molecule has 0 atom stereocenters. The van der Waals surface area contributed by atoms with Crippen molar-refractivity contribution >= 4 is 33.2 Å². The summed E-state index contributed by atoms with van der Waals surface area (Å²) in [6, 6.07) is 4.65. The predicted molar refractivity (Wildman–Crippen MR) is 80.3 cm³/mol. The lowest BCUT2D eigenvalue weighted by Gasteiger charge is -2.22. The number of nitrogens with zero attached hydrogens (tertiary/aromatic N) is 1. The summed E-state index contributed by atoms with van der Waals surface area (Å²) in [5.74, 6) is 0.466. The van der Waals surface area contributed by atoms with Crippen LogP contribution in [0.1, 0.15) is 26.3 Å². The van der Waals surface area contributed by atoms with E-state index in [0.29, 0.717) is 23.7 Å². The second kappa shape index (κ2) is 6.93. The van der Waals surface area contributed by atoms with Crippen molar-refractivity contribution < 1.29 is 8.42 Å². The van der Waals surface area contributed by atoms with Crippen molar-refractivity contribution in [3.63, 3.8) is 0 Å². The zero-order chi connectivity index (χ0) is 14.6. The Morgan fingerprint density at radius 2 is 1.95 bits per heavy atom. The number of alkyl halides is 1. The molecule has 1 aromatic rings. The van der Waals surface area contributed by atoms with Crippen molar-refractivity contribution in [1.29, 1.82) is 0 Å². The standard InChI is InChI=1S/C13H19Cl2NO2S/c1-4-16(9-10(2)3)19(17,18)12-5-6-13(15)11(7-12)8-14/h5-7,10H,4,8-9H2,1-3H3. The van der Waals surface area contributed by atoms with Crippen LogP contribution in [0.2, 0.25) is 5.02 Å². The van der Waals surface area contributed by atoms with Crippen molar-refractivity contribution in [1.82, 2.24) is 4.31 Å². The van der Waals surface area contributed by atoms with E-state index in [1.807, 2.05) is 20.8 Å². The summed E-state index contributed by atoms with van der Waals surface area (Å²) in [6.45, 7) is 6.75. The molecule has 0 aliphatic heterocycles. The first-order valence-corrected chi connectivity index (χ1v) is 8.52. The Labute approximate surface area is 125 Å². The maximum absolute atomic E-state index is 12.5. The third kappa shape index (κ3) is 4.09. The van der Waals surface area contributed by atoms with Gasteiger partial charge in [0.15, 0.2) is 0 Å². The minimum atomic E-state index is -3.48. The average molecular weight is 324 g/mol. The van der Waals surface area contributed by atoms with Gasteiger partial charge in [-0.1, -0.05) is 32.4 Å². The zero-order valence-electron chi connectivity index (χ0n) is 11.4. The summed E-state index contributed by atoms with van der Waals surface area (Å²) in [6.07, 6.45) is 0. The third-order valence-electron chi connectivity index (χ3n) is 2.72. The molecule has 0 radical (unpaired) electrons. The van der Waals surface area contributed by atoms with Crippen LogP contribution >= 0.6 is 23.2 Å². The van der Waals surface area contributed by atoms with E-state index in [1.54, 1.807) is 12.1 Å². The monoisotopic (exact) mass is 323 g/mol. The van der Waals surface area contributed by atoms with E-state index in [9.17, 15) is 8.42 Å². The normalized spacial score (nSPS) is 12.4. The SMILES string of the molecule is CCN(CC(C)C)S(=O)(=O)c1ccc(Cl)c(CCl)c1. The van der Waals surface area contributed by atoms with Crippen LogP contribution in [0.3, 0.4) is 0 Å². The lowest BCUT2D eigenvalue weighted by molar-refractivity contribution is 0.381. The van der Waals surface area contributed by atoms with Gasteiger partial charge in [0.25, 0.3) is 0 Å². The van der Waals surface area contributed by atoms with Crippen molar-refractivity contribution in [3.05, 3.63) is 28.8 Å². The lowest BCUT2D eigenvalue weighted by Crippen LogP contribution is -2.34. The van der Waals surface area contributed by atoms with E-state index >= 15 is 0 Å². The Morgan fingerprint density at radius 3 is 2.42 bits per heavy atom. The second-order valence-electron chi connectivity index (χ2n) is 4.74. The van der Waals surface area contributed by atoms with Crippen molar-refractivity contribution in [2.24, 2.45) is 5.92 Å². The number of sulfonamides is 1. The van der Waals surface area contributed by atoms with Crippen LogP contribution in [0.5, 0.6) is 0 Å². The van der Waals surface area contributed by atoms with Crippen LogP contribution in [-0.4, -0.2) is 25.8 Å². The molecule has 0 bridgehead atoms. The molecule has 108 valence electrons. The summed E-state index contributed by atoms with van der Waals surface area (Å²) in [4.78, 5) is 0.245. The Morgan fingerprint density at radius 1 is 1.32 bits per heavy atom. The van der Waals surface area contributed by atoms with Crippen LogP contribution in [0, 0.1) is 5.92 Å². The summed E-state index contributed by atoms with van der Waals surface area (Å²) < 4.78 is 26.5. The number of benzene rings is 1. The quantitative estimate of drug-likeness (QED) is 0.748. The minimum absolute atomic E-state index is 0.193. The lowest BCUT2D eigenvalue weighted by atomic mass is 10.2. The molecule has 0 unspecified atom stereocenters. The number of hydrogen-bond acceptors (Lipinski definition) is 2. The van der Waals surface area contributed by atoms with E-state index in [0.717, 1.165) is 0 Å². The summed E-state index contributed by atoms with van der Waals surface area (Å²) in [5, 5.41) is 0.487. The fourth-order valence-corrected chi connectivity index (χ4v) is 3.91. The van der Waals surface area contributed by atoms with Crippen LogP contribution < -0.4 is 0 Å². The van der Waals surface area contributed by atoms with Crippen molar-refractivity contribution in [2.45, 2.75) is 31.5 Å². The summed E-state index contributed by atoms with van der Waals surface area (Å²) >= 11 is 11.7. The molecular formula is C13H19Cl2NO2S. The van der Waals surface area contributed by atoms with E-state index in [1.165, 1.54) is 10.4 Å². The first-order valence-electron chi connectivity index (χ1n) is 6.17. The molecule has 0 fully saturated rings. The fraction of sp³-hybridized carbons (Fsp3) is 0.538. The third-order valence-corrected chi connectivity index (χ3v) is 5.31.